The molecule has 0 N–H and O–H groups in total. The van der Waals surface area contributed by atoms with Crippen molar-refractivity contribution in [2.75, 3.05) is 0 Å². The van der Waals surface area contributed by atoms with E-state index in [2.05, 4.69) is 13.8 Å². The average molecular weight is 222 g/mol. The maximum atomic E-state index is 12.5. The molecule has 3 fully saturated rings. The minimum atomic E-state index is -0.370. The van der Waals surface area contributed by atoms with E-state index in [0.717, 1.165) is 19.3 Å². The smallest absolute Gasteiger partial charge is 0.145 e. The first kappa shape index (κ1) is 11.8. The average Bonchev–Trinajstić information content (AvgIpc) is 2.25. The van der Waals surface area contributed by atoms with Crippen molar-refractivity contribution in [3.8, 4) is 0 Å². The van der Waals surface area contributed by atoms with Crippen molar-refractivity contribution in [3.05, 3.63) is 0 Å². The Labute approximate surface area is 97.8 Å². The van der Waals surface area contributed by atoms with Gasteiger partial charge >= 0.3 is 0 Å². The Bertz CT molecular complexity index is 343. The molecule has 0 spiro atoms. The summed E-state index contributed by atoms with van der Waals surface area (Å²) in [5, 5.41) is 0. The van der Waals surface area contributed by atoms with E-state index in [4.69, 9.17) is 0 Å². The zero-order chi connectivity index (χ0) is 12.1. The van der Waals surface area contributed by atoms with Crippen molar-refractivity contribution in [1.29, 1.82) is 0 Å². The normalized spacial score (nSPS) is 41.1. The van der Waals surface area contributed by atoms with Crippen LogP contribution in [0.1, 0.15) is 53.4 Å². The van der Waals surface area contributed by atoms with Crippen LogP contribution in [0.15, 0.2) is 0 Å². The molecule has 16 heavy (non-hydrogen) atoms. The van der Waals surface area contributed by atoms with Gasteiger partial charge in [-0.25, -0.2) is 0 Å². The van der Waals surface area contributed by atoms with Crippen LogP contribution in [0.3, 0.4) is 0 Å². The molecular formula is C14H22O2. The van der Waals surface area contributed by atoms with Gasteiger partial charge in [0.2, 0.25) is 0 Å². The third-order valence-corrected chi connectivity index (χ3v) is 5.16. The van der Waals surface area contributed by atoms with E-state index >= 15 is 0 Å². The van der Waals surface area contributed by atoms with Crippen LogP contribution in [-0.2, 0) is 9.59 Å². The number of fused-ring (bicyclic) bond motifs is 3. The van der Waals surface area contributed by atoms with Crippen LogP contribution in [0.4, 0.5) is 0 Å². The van der Waals surface area contributed by atoms with Gasteiger partial charge in [-0.05, 0) is 25.2 Å². The monoisotopic (exact) mass is 222 g/mol. The third-order valence-electron chi connectivity index (χ3n) is 5.16. The molecule has 3 aliphatic carbocycles. The van der Waals surface area contributed by atoms with Gasteiger partial charge in [-0.1, -0.05) is 27.7 Å². The summed E-state index contributed by atoms with van der Waals surface area (Å²) >= 11 is 0. The fraction of sp³-hybridized carbons (Fsp3) is 0.857. The highest BCUT2D eigenvalue weighted by Crippen LogP contribution is 2.58. The van der Waals surface area contributed by atoms with Gasteiger partial charge in [-0.2, -0.15) is 0 Å². The van der Waals surface area contributed by atoms with Gasteiger partial charge in [-0.3, -0.25) is 9.59 Å². The summed E-state index contributed by atoms with van der Waals surface area (Å²) in [5.74, 6) is 1.03. The van der Waals surface area contributed by atoms with Gasteiger partial charge in [0.1, 0.15) is 11.6 Å². The molecule has 3 saturated carbocycles. The van der Waals surface area contributed by atoms with Gasteiger partial charge in [-0.15, -0.1) is 0 Å². The summed E-state index contributed by atoms with van der Waals surface area (Å²) in [4.78, 5) is 24.5. The SMILES string of the molecule is CCC(=O)C1CC2CCC1(C)C(=O)C2(C)C. The third kappa shape index (κ3) is 1.31. The number of hydrogen-bond acceptors (Lipinski definition) is 2. The fourth-order valence-corrected chi connectivity index (χ4v) is 3.89. The molecule has 90 valence electrons. The molecule has 0 heterocycles. The number of ketones is 2. The Kier molecular flexibility index (Phi) is 2.52. The summed E-state index contributed by atoms with van der Waals surface area (Å²) in [6.07, 6.45) is 3.53. The Morgan fingerprint density at radius 3 is 2.56 bits per heavy atom. The molecule has 0 aromatic heterocycles. The van der Waals surface area contributed by atoms with Crippen molar-refractivity contribution in [2.45, 2.75) is 53.4 Å². The Morgan fingerprint density at radius 2 is 2.00 bits per heavy atom. The molecule has 2 nitrogen and oxygen atoms in total. The minimum Gasteiger partial charge on any atom is -0.299 e. The molecule has 0 radical (unpaired) electrons. The van der Waals surface area contributed by atoms with Gasteiger partial charge < -0.3 is 0 Å². The van der Waals surface area contributed by atoms with Crippen LogP contribution in [-0.4, -0.2) is 11.6 Å². The second-order valence-corrected chi connectivity index (χ2v) is 6.31. The summed E-state index contributed by atoms with van der Waals surface area (Å²) < 4.78 is 0. The lowest BCUT2D eigenvalue weighted by Gasteiger charge is -2.55. The van der Waals surface area contributed by atoms with Crippen LogP contribution >= 0.6 is 0 Å². The zero-order valence-electron chi connectivity index (χ0n) is 10.8. The second-order valence-electron chi connectivity index (χ2n) is 6.31. The summed E-state index contributed by atoms with van der Waals surface area (Å²) in [5.41, 5.74) is -0.580. The van der Waals surface area contributed by atoms with Gasteiger partial charge in [0.05, 0.1) is 0 Å². The van der Waals surface area contributed by atoms with Crippen molar-refractivity contribution in [1.82, 2.24) is 0 Å². The second kappa shape index (κ2) is 3.41. The minimum absolute atomic E-state index is 0.00299. The van der Waals surface area contributed by atoms with Gasteiger partial charge in [0.25, 0.3) is 0 Å². The summed E-state index contributed by atoms with van der Waals surface area (Å²) in [6, 6.07) is 0. The fourth-order valence-electron chi connectivity index (χ4n) is 3.89. The van der Waals surface area contributed by atoms with Crippen molar-refractivity contribution >= 4 is 11.6 Å². The lowest BCUT2D eigenvalue weighted by molar-refractivity contribution is -0.165. The first-order valence-corrected chi connectivity index (χ1v) is 6.41. The maximum Gasteiger partial charge on any atom is 0.145 e. The van der Waals surface area contributed by atoms with E-state index < -0.39 is 0 Å². The van der Waals surface area contributed by atoms with Crippen LogP contribution in [0.5, 0.6) is 0 Å². The molecule has 0 aromatic carbocycles. The highest BCUT2D eigenvalue weighted by molar-refractivity contribution is 5.97. The molecule has 2 heteroatoms. The molecule has 2 bridgehead atoms. The first-order valence-electron chi connectivity index (χ1n) is 6.41. The van der Waals surface area contributed by atoms with E-state index in [-0.39, 0.29) is 22.5 Å². The van der Waals surface area contributed by atoms with Crippen LogP contribution in [0.2, 0.25) is 0 Å². The number of Topliss-reactive ketones (excluding diaryl/α,β-unsaturated/α-hetero) is 2. The highest BCUT2D eigenvalue weighted by atomic mass is 16.1. The Balaban J connectivity index is 2.38. The van der Waals surface area contributed by atoms with Gasteiger partial charge in [0, 0.05) is 23.2 Å². The van der Waals surface area contributed by atoms with Crippen molar-refractivity contribution < 1.29 is 9.59 Å². The Hall–Kier alpha value is -0.660. The van der Waals surface area contributed by atoms with Crippen LogP contribution in [0, 0.1) is 22.7 Å². The predicted octanol–water partition coefficient (Wildman–Crippen LogP) is 3.00. The van der Waals surface area contributed by atoms with Crippen LogP contribution in [0.25, 0.3) is 0 Å². The molecule has 3 aliphatic rings. The molecule has 0 aromatic rings. The maximum absolute atomic E-state index is 12.5. The summed E-state index contributed by atoms with van der Waals surface area (Å²) in [7, 11) is 0. The molecule has 3 unspecified atom stereocenters. The number of carbonyl (C=O) groups is 2. The van der Waals surface area contributed by atoms with E-state index in [1.807, 2.05) is 13.8 Å². The number of hydrogen-bond donors (Lipinski definition) is 0. The number of rotatable bonds is 2. The van der Waals surface area contributed by atoms with E-state index in [9.17, 15) is 9.59 Å². The first-order chi connectivity index (χ1) is 7.34. The van der Waals surface area contributed by atoms with Gasteiger partial charge in [0.15, 0.2) is 0 Å². The Morgan fingerprint density at radius 1 is 1.38 bits per heavy atom. The molecule has 0 amide bonds. The largest absolute Gasteiger partial charge is 0.299 e. The standard InChI is InChI=1S/C14H22O2/c1-5-11(15)10-8-9-6-7-14(10,4)12(16)13(9,2)3/h9-10H,5-8H2,1-4H3. The lowest BCUT2D eigenvalue weighted by atomic mass is 9.46. The molecule has 0 saturated heterocycles. The highest BCUT2D eigenvalue weighted by Gasteiger charge is 2.60. The van der Waals surface area contributed by atoms with Crippen molar-refractivity contribution in [2.24, 2.45) is 22.7 Å². The van der Waals surface area contributed by atoms with E-state index in [1.165, 1.54) is 0 Å². The molecule has 0 aliphatic heterocycles. The topological polar surface area (TPSA) is 34.1 Å². The molecular weight excluding hydrogens is 200 g/mol. The van der Waals surface area contributed by atoms with E-state index in [1.54, 1.807) is 0 Å². The predicted molar refractivity (Wildman–Crippen MR) is 63.0 cm³/mol. The molecule has 3 atom stereocenters. The molecule has 3 rings (SSSR count). The lowest BCUT2D eigenvalue weighted by Crippen LogP contribution is -2.58. The zero-order valence-corrected chi connectivity index (χ0v) is 10.8. The van der Waals surface area contributed by atoms with Crippen molar-refractivity contribution in [3.63, 3.8) is 0 Å². The quantitative estimate of drug-likeness (QED) is 0.719. The summed E-state index contributed by atoms with van der Waals surface area (Å²) in [6.45, 7) is 8.04. The van der Waals surface area contributed by atoms with E-state index in [0.29, 0.717) is 18.1 Å². The van der Waals surface area contributed by atoms with Crippen LogP contribution < -0.4 is 0 Å². The number of carbonyl (C=O) groups excluding carboxylic acids is 2.